The Labute approximate surface area is 177 Å². The fourth-order valence-electron chi connectivity index (χ4n) is 5.03. The molecule has 2 aliphatic heterocycles. The lowest BCUT2D eigenvalue weighted by Crippen LogP contribution is -2.51. The van der Waals surface area contributed by atoms with Crippen LogP contribution in [-0.2, 0) is 9.59 Å². The normalized spacial score (nSPS) is 25.6. The van der Waals surface area contributed by atoms with E-state index in [1.54, 1.807) is 12.1 Å². The smallest absolute Gasteiger partial charge is 0.241 e. The molecule has 0 bridgehead atoms. The zero-order chi connectivity index (χ0) is 20.9. The van der Waals surface area contributed by atoms with Gasteiger partial charge in [-0.1, -0.05) is 37.8 Å². The molecule has 3 aliphatic rings. The highest BCUT2D eigenvalue weighted by molar-refractivity contribution is 5.82. The van der Waals surface area contributed by atoms with E-state index in [4.69, 9.17) is 0 Å². The van der Waals surface area contributed by atoms with E-state index in [9.17, 15) is 14.0 Å². The summed E-state index contributed by atoms with van der Waals surface area (Å²) in [5.41, 5.74) is 7.23. The van der Waals surface area contributed by atoms with E-state index in [2.05, 4.69) is 16.2 Å². The summed E-state index contributed by atoms with van der Waals surface area (Å²) < 4.78 is 13.1. The number of piperidine rings is 1. The van der Waals surface area contributed by atoms with E-state index in [0.717, 1.165) is 30.7 Å². The molecule has 0 radical (unpaired) electrons. The van der Waals surface area contributed by atoms with Crippen molar-refractivity contribution >= 4 is 11.8 Å². The topological polar surface area (TPSA) is 73.5 Å². The maximum Gasteiger partial charge on any atom is 0.241 e. The molecule has 2 heterocycles. The number of amides is 2. The quantitative estimate of drug-likeness (QED) is 0.667. The molecule has 2 amide bonds. The van der Waals surface area contributed by atoms with Crippen molar-refractivity contribution in [3.63, 3.8) is 0 Å². The molecule has 2 unspecified atom stereocenters. The van der Waals surface area contributed by atoms with Gasteiger partial charge in [-0.15, -0.1) is 0 Å². The maximum atomic E-state index is 13.1. The highest BCUT2D eigenvalue weighted by atomic mass is 19.1. The van der Waals surface area contributed by atoms with Gasteiger partial charge in [-0.05, 0) is 49.3 Å². The van der Waals surface area contributed by atoms with E-state index in [1.165, 1.54) is 37.8 Å². The standard InChI is InChI=1S/C23H33FN4O2/c24-18-8-6-17(7-9-18)20-15-21(27-26-20)23(30)28-13-11-19(12-14-28)25-22(29)10-5-16-3-1-2-4-16/h6-9,16,19-21,26-27H,1-5,10-15H2,(H,25,29). The lowest BCUT2D eigenvalue weighted by atomic mass is 9.99. The van der Waals surface area contributed by atoms with Crippen LogP contribution in [0, 0.1) is 11.7 Å². The molecule has 1 aliphatic carbocycles. The Morgan fingerprint density at radius 1 is 1.03 bits per heavy atom. The number of likely N-dealkylation sites (tertiary alicyclic amines) is 1. The van der Waals surface area contributed by atoms with Gasteiger partial charge in [-0.2, -0.15) is 0 Å². The van der Waals surface area contributed by atoms with Crippen molar-refractivity contribution in [1.29, 1.82) is 0 Å². The summed E-state index contributed by atoms with van der Waals surface area (Å²) in [6, 6.07) is 6.28. The van der Waals surface area contributed by atoms with E-state index in [0.29, 0.717) is 25.9 Å². The molecule has 1 aromatic carbocycles. The average molecular weight is 417 g/mol. The van der Waals surface area contributed by atoms with Gasteiger partial charge in [0, 0.05) is 31.6 Å². The largest absolute Gasteiger partial charge is 0.353 e. The van der Waals surface area contributed by atoms with Crippen LogP contribution >= 0.6 is 0 Å². The number of hydrogen-bond acceptors (Lipinski definition) is 4. The average Bonchev–Trinajstić information content (AvgIpc) is 3.45. The van der Waals surface area contributed by atoms with E-state index in [-0.39, 0.29) is 35.8 Å². The molecule has 1 aromatic rings. The molecule has 164 valence electrons. The number of hydrazine groups is 1. The van der Waals surface area contributed by atoms with E-state index in [1.807, 2.05) is 4.90 Å². The minimum atomic E-state index is -0.280. The fraction of sp³-hybridized carbons (Fsp3) is 0.652. The van der Waals surface area contributed by atoms with Gasteiger partial charge in [0.15, 0.2) is 0 Å². The SMILES string of the molecule is O=C(CCC1CCCC1)NC1CCN(C(=O)C2CC(c3ccc(F)cc3)NN2)CC1. The number of halogens is 1. The monoisotopic (exact) mass is 416 g/mol. The van der Waals surface area contributed by atoms with Crippen LogP contribution in [0.2, 0.25) is 0 Å². The third-order valence-electron chi connectivity index (χ3n) is 6.90. The lowest BCUT2D eigenvalue weighted by molar-refractivity contribution is -0.134. The number of carbonyl (C=O) groups excluding carboxylic acids is 2. The summed E-state index contributed by atoms with van der Waals surface area (Å²) in [4.78, 5) is 27.0. The van der Waals surface area contributed by atoms with Crippen LogP contribution in [0.3, 0.4) is 0 Å². The predicted octanol–water partition coefficient (Wildman–Crippen LogP) is 2.81. The summed E-state index contributed by atoms with van der Waals surface area (Å²) in [6.45, 7) is 1.34. The Kier molecular flexibility index (Phi) is 7.00. The molecule has 3 fully saturated rings. The van der Waals surface area contributed by atoms with Gasteiger partial charge in [0.1, 0.15) is 11.9 Å². The first-order valence-electron chi connectivity index (χ1n) is 11.4. The second-order valence-electron chi connectivity index (χ2n) is 9.04. The van der Waals surface area contributed by atoms with Crippen LogP contribution in [0.1, 0.15) is 69.4 Å². The van der Waals surface area contributed by atoms with E-state index >= 15 is 0 Å². The second-order valence-corrected chi connectivity index (χ2v) is 9.04. The van der Waals surface area contributed by atoms with Gasteiger partial charge in [0.2, 0.25) is 11.8 Å². The molecular weight excluding hydrogens is 383 g/mol. The third kappa shape index (κ3) is 5.38. The van der Waals surface area contributed by atoms with E-state index < -0.39 is 0 Å². The van der Waals surface area contributed by atoms with Crippen LogP contribution in [0.15, 0.2) is 24.3 Å². The minimum Gasteiger partial charge on any atom is -0.353 e. The second kappa shape index (κ2) is 9.88. The highest BCUT2D eigenvalue weighted by Gasteiger charge is 2.34. The molecule has 1 saturated carbocycles. The predicted molar refractivity (Wildman–Crippen MR) is 113 cm³/mol. The molecule has 7 heteroatoms. The number of benzene rings is 1. The molecular formula is C23H33FN4O2. The Morgan fingerprint density at radius 2 is 1.73 bits per heavy atom. The van der Waals surface area contributed by atoms with Gasteiger partial charge in [0.25, 0.3) is 0 Å². The summed E-state index contributed by atoms with van der Waals surface area (Å²) in [5, 5.41) is 3.17. The van der Waals surface area contributed by atoms with Crippen molar-refractivity contribution in [2.75, 3.05) is 13.1 Å². The van der Waals surface area contributed by atoms with Gasteiger partial charge in [0.05, 0.1) is 0 Å². The number of carbonyl (C=O) groups is 2. The maximum absolute atomic E-state index is 13.1. The Balaban J connectivity index is 1.18. The highest BCUT2D eigenvalue weighted by Crippen LogP contribution is 2.28. The van der Waals surface area contributed by atoms with Gasteiger partial charge < -0.3 is 10.2 Å². The first-order valence-corrected chi connectivity index (χ1v) is 11.4. The zero-order valence-electron chi connectivity index (χ0n) is 17.5. The summed E-state index contributed by atoms with van der Waals surface area (Å²) in [5.74, 6) is 0.737. The number of rotatable bonds is 6. The molecule has 6 nitrogen and oxygen atoms in total. The number of nitrogens with zero attached hydrogens (tertiary/aromatic N) is 1. The van der Waals surface area contributed by atoms with Crippen molar-refractivity contribution in [1.82, 2.24) is 21.1 Å². The number of nitrogens with one attached hydrogen (secondary N) is 3. The Morgan fingerprint density at radius 3 is 2.43 bits per heavy atom. The summed E-state index contributed by atoms with van der Waals surface area (Å²) in [7, 11) is 0. The van der Waals surface area contributed by atoms with Crippen molar-refractivity contribution in [3.8, 4) is 0 Å². The molecule has 0 spiro atoms. The Bertz CT molecular complexity index is 727. The first kappa shape index (κ1) is 21.2. The van der Waals surface area contributed by atoms with Crippen molar-refractivity contribution in [2.45, 2.75) is 75.9 Å². The lowest BCUT2D eigenvalue weighted by Gasteiger charge is -2.33. The minimum absolute atomic E-state index is 0.00348. The van der Waals surface area contributed by atoms with Gasteiger partial charge in [-0.25, -0.2) is 15.2 Å². The van der Waals surface area contributed by atoms with Crippen LogP contribution < -0.4 is 16.2 Å². The van der Waals surface area contributed by atoms with Crippen LogP contribution in [-0.4, -0.2) is 41.9 Å². The molecule has 2 saturated heterocycles. The van der Waals surface area contributed by atoms with Gasteiger partial charge >= 0.3 is 0 Å². The third-order valence-corrected chi connectivity index (χ3v) is 6.90. The van der Waals surface area contributed by atoms with Crippen molar-refractivity contribution in [3.05, 3.63) is 35.6 Å². The molecule has 4 rings (SSSR count). The first-order chi connectivity index (χ1) is 14.6. The van der Waals surface area contributed by atoms with Crippen LogP contribution in [0.4, 0.5) is 4.39 Å². The zero-order valence-corrected chi connectivity index (χ0v) is 17.5. The van der Waals surface area contributed by atoms with Crippen molar-refractivity contribution in [2.24, 2.45) is 5.92 Å². The van der Waals surface area contributed by atoms with Gasteiger partial charge in [-0.3, -0.25) is 9.59 Å². The Hall–Kier alpha value is -1.99. The molecule has 30 heavy (non-hydrogen) atoms. The fourth-order valence-corrected chi connectivity index (χ4v) is 5.03. The molecule has 2 atom stereocenters. The summed E-state index contributed by atoms with van der Waals surface area (Å²) in [6.07, 6.45) is 9.08. The van der Waals surface area contributed by atoms with Crippen LogP contribution in [0.25, 0.3) is 0 Å². The summed E-state index contributed by atoms with van der Waals surface area (Å²) >= 11 is 0. The van der Waals surface area contributed by atoms with Crippen LogP contribution in [0.5, 0.6) is 0 Å². The molecule has 0 aromatic heterocycles. The number of hydrogen-bond donors (Lipinski definition) is 3. The molecule has 3 N–H and O–H groups in total. The van der Waals surface area contributed by atoms with Crippen molar-refractivity contribution < 1.29 is 14.0 Å².